The van der Waals surface area contributed by atoms with Gasteiger partial charge in [-0.1, -0.05) is 168 Å². The number of aryl methyl sites for hydroxylation is 1. The molecule has 0 amide bonds. The largest absolute Gasteiger partial charge is 0.382 e. The average Bonchev–Trinajstić information content (AvgIpc) is 3.85. The fraction of sp³-hybridized carbons (Fsp3) is 0.217. The van der Waals surface area contributed by atoms with Gasteiger partial charge in [0.15, 0.2) is 6.29 Å². The van der Waals surface area contributed by atoms with Crippen molar-refractivity contribution in [3.8, 4) is 0 Å². The Labute approximate surface area is 412 Å². The molecule has 4 aliphatic rings. The van der Waals surface area contributed by atoms with E-state index in [9.17, 15) is 9.00 Å². The molecule has 2 unspecified atom stereocenters. The van der Waals surface area contributed by atoms with Crippen LogP contribution in [-0.4, -0.2) is 23.1 Å². The summed E-state index contributed by atoms with van der Waals surface area (Å²) >= 11 is 3.51. The Hall–Kier alpha value is -5.86. The van der Waals surface area contributed by atoms with Gasteiger partial charge in [0.25, 0.3) is 0 Å². The molecular weight excluding hydrogens is 877 g/mol. The Balaban J connectivity index is 0.00000204. The number of fused-ring (bicyclic) bond motifs is 1. The second kappa shape index (κ2) is 27.1. The maximum Gasteiger partial charge on any atom is 0.151 e. The number of benzene rings is 3. The molecule has 346 valence electrons. The number of nitrogens with zero attached hydrogens (tertiary/aromatic N) is 1. The highest BCUT2D eigenvalue weighted by atomic mass is 32.2. The predicted octanol–water partition coefficient (Wildman–Crippen LogP) is 16.4. The van der Waals surface area contributed by atoms with Gasteiger partial charge in [-0.05, 0) is 134 Å². The van der Waals surface area contributed by atoms with Gasteiger partial charge in [0.1, 0.15) is 0 Å². The lowest BCUT2D eigenvalue weighted by Gasteiger charge is -2.36. The summed E-state index contributed by atoms with van der Waals surface area (Å²) in [5, 5.41) is 3.49. The summed E-state index contributed by atoms with van der Waals surface area (Å²) in [7, 11) is -1.25. The summed E-state index contributed by atoms with van der Waals surface area (Å²) in [6.45, 7) is 23.5. The number of carbonyl (C=O) groups excluding carboxylic acids is 1. The SMILES string of the molecule is C=C(/C=C\C(C)N1C2=C(C=CCC=C2)Sc2ccccc21)c1ccc(C=O)c(SCc2cc(C3=CC=C(NC/C=C\C=C/C(=C)S(=O)C4=C(C)C=CC=CC4)C=CC3)ccc2C)c1.CC.CC. The van der Waals surface area contributed by atoms with Crippen LogP contribution in [0.2, 0.25) is 0 Å². The van der Waals surface area contributed by atoms with Gasteiger partial charge < -0.3 is 10.2 Å². The van der Waals surface area contributed by atoms with Gasteiger partial charge in [0.2, 0.25) is 0 Å². The summed E-state index contributed by atoms with van der Waals surface area (Å²) in [5.74, 6) is 0.733. The molecule has 1 N–H and O–H groups in total. The third-order valence-electron chi connectivity index (χ3n) is 11.1. The summed E-state index contributed by atoms with van der Waals surface area (Å²) < 4.78 is 13.0. The van der Waals surface area contributed by atoms with Crippen molar-refractivity contribution >= 4 is 57.4 Å². The molecule has 2 atom stereocenters. The number of hydrogen-bond acceptors (Lipinski definition) is 6. The van der Waals surface area contributed by atoms with Crippen molar-refractivity contribution in [2.75, 3.05) is 11.4 Å². The third kappa shape index (κ3) is 14.3. The van der Waals surface area contributed by atoms with Crippen LogP contribution in [0.15, 0.2) is 225 Å². The first-order chi connectivity index (χ1) is 32.7. The van der Waals surface area contributed by atoms with E-state index in [1.54, 1.807) is 11.8 Å². The number of thioether (sulfide) groups is 2. The molecule has 3 aromatic rings. The van der Waals surface area contributed by atoms with E-state index in [2.05, 4.69) is 147 Å². The van der Waals surface area contributed by atoms with Crippen LogP contribution >= 0.6 is 23.5 Å². The highest BCUT2D eigenvalue weighted by Crippen LogP contribution is 2.46. The lowest BCUT2D eigenvalue weighted by Crippen LogP contribution is -2.32. The Bertz CT molecular complexity index is 2690. The molecule has 7 rings (SSSR count). The second-order valence-corrected chi connectivity index (χ2v) is 19.2. The minimum absolute atomic E-state index is 0.0814. The van der Waals surface area contributed by atoms with Crippen molar-refractivity contribution in [1.29, 1.82) is 0 Å². The van der Waals surface area contributed by atoms with Crippen molar-refractivity contribution in [2.24, 2.45) is 0 Å². The first-order valence-electron chi connectivity index (χ1n) is 23.3. The van der Waals surface area contributed by atoms with Gasteiger partial charge in [0.05, 0.1) is 22.2 Å². The van der Waals surface area contributed by atoms with E-state index in [1.807, 2.05) is 107 Å². The summed E-state index contributed by atoms with van der Waals surface area (Å²) in [6, 6.07) is 21.4. The minimum atomic E-state index is -1.25. The molecule has 0 saturated heterocycles. The molecule has 0 fully saturated rings. The first kappa shape index (κ1) is 52.1. The molecule has 4 nitrogen and oxygen atoms in total. The number of rotatable bonds is 16. The third-order valence-corrected chi connectivity index (χ3v) is 14.9. The number of aldehydes is 1. The van der Waals surface area contributed by atoms with Crippen molar-refractivity contribution in [3.05, 3.63) is 243 Å². The van der Waals surface area contributed by atoms with Gasteiger partial charge in [-0.15, -0.1) is 11.8 Å². The zero-order valence-electron chi connectivity index (χ0n) is 40.3. The number of hydrogen-bond donors (Lipinski definition) is 1. The maximum absolute atomic E-state index is 13.0. The molecule has 3 aliphatic carbocycles. The van der Waals surface area contributed by atoms with Crippen molar-refractivity contribution in [1.82, 2.24) is 5.32 Å². The summed E-state index contributed by atoms with van der Waals surface area (Å²) in [4.78, 5) is 19.6. The van der Waals surface area contributed by atoms with Gasteiger partial charge in [-0.25, -0.2) is 4.21 Å². The van der Waals surface area contributed by atoms with E-state index in [1.165, 1.54) is 43.4 Å². The fourth-order valence-electron chi connectivity index (χ4n) is 7.49. The van der Waals surface area contributed by atoms with Crippen molar-refractivity contribution in [3.63, 3.8) is 0 Å². The molecule has 1 heterocycles. The minimum Gasteiger partial charge on any atom is -0.382 e. The zero-order valence-corrected chi connectivity index (χ0v) is 42.7. The van der Waals surface area contributed by atoms with E-state index < -0.39 is 10.8 Å². The smallest absolute Gasteiger partial charge is 0.151 e. The van der Waals surface area contributed by atoms with E-state index >= 15 is 0 Å². The predicted molar refractivity (Wildman–Crippen MR) is 297 cm³/mol. The number of nitrogens with one attached hydrogen (secondary N) is 1. The maximum atomic E-state index is 13.0. The Morgan fingerprint density at radius 1 is 0.881 bits per heavy atom. The van der Waals surface area contributed by atoms with Crippen LogP contribution in [0.5, 0.6) is 0 Å². The number of anilines is 1. The molecule has 7 heteroatoms. The Kier molecular flexibility index (Phi) is 21.1. The van der Waals surface area contributed by atoms with Crippen molar-refractivity contribution in [2.45, 2.75) is 89.3 Å². The first-order valence-corrected chi connectivity index (χ1v) is 26.3. The standard InChI is InChI=1S/C56H54N2O2S3.2C2H6/c1-40(27-29-43(4)58-51-22-11-7-12-24-53(51)62-54-25-15-14-23-52(54)58)46-31-32-48(38-59)55(37-46)61-39-49-36-47(30-28-41(49)2)45-20-17-21-50(34-33-45)57-35-16-8-10-19-44(5)63(60)56-26-13-6-9-18-42(56)3;2*1-2/h6,8-19,21-25,27-34,36-38,43,57H,1,5,7,20,26,35,39H2,2-4H3;2*1-2H3/b16-8-,19-10-,29-27-;;. The van der Waals surface area contributed by atoms with Crippen LogP contribution in [0.1, 0.15) is 93.4 Å². The lowest BCUT2D eigenvalue weighted by atomic mass is 9.98. The fourth-order valence-corrected chi connectivity index (χ4v) is 10.8. The molecule has 0 saturated carbocycles. The van der Waals surface area contributed by atoms with Gasteiger partial charge >= 0.3 is 0 Å². The zero-order chi connectivity index (χ0) is 48.1. The topological polar surface area (TPSA) is 49.4 Å². The van der Waals surface area contributed by atoms with E-state index in [-0.39, 0.29) is 6.04 Å². The van der Waals surface area contributed by atoms with Crippen LogP contribution in [-0.2, 0) is 16.6 Å². The van der Waals surface area contributed by atoms with Gasteiger partial charge in [-0.3, -0.25) is 4.79 Å². The molecule has 67 heavy (non-hydrogen) atoms. The van der Waals surface area contributed by atoms with Crippen molar-refractivity contribution < 1.29 is 9.00 Å². The second-order valence-electron chi connectivity index (χ2n) is 15.6. The molecule has 3 aromatic carbocycles. The molecular formula is C60H66N2O2S3. The number of allylic oxidation sites excluding steroid dienone is 20. The monoisotopic (exact) mass is 942 g/mol. The molecule has 1 aliphatic heterocycles. The Morgan fingerprint density at radius 3 is 2.51 bits per heavy atom. The number of para-hydroxylation sites is 1. The quantitative estimate of drug-likeness (QED) is 0.0877. The number of carbonyl (C=O) groups is 1. The van der Waals surface area contributed by atoms with Gasteiger partial charge in [-0.2, -0.15) is 0 Å². The normalized spacial score (nSPS) is 16.2. The van der Waals surface area contributed by atoms with E-state index in [4.69, 9.17) is 0 Å². The van der Waals surface area contributed by atoms with Crippen LogP contribution in [0.3, 0.4) is 0 Å². The highest BCUT2D eigenvalue weighted by Gasteiger charge is 2.26. The molecule has 0 bridgehead atoms. The summed E-state index contributed by atoms with van der Waals surface area (Å²) in [6.07, 6.45) is 40.9. The van der Waals surface area contributed by atoms with Crippen LogP contribution in [0.25, 0.3) is 11.1 Å². The lowest BCUT2D eigenvalue weighted by molar-refractivity contribution is 0.112. The molecule has 0 radical (unpaired) electrons. The van der Waals surface area contributed by atoms with E-state index in [0.717, 1.165) is 57.1 Å². The van der Waals surface area contributed by atoms with Crippen LogP contribution in [0.4, 0.5) is 5.69 Å². The molecule has 0 spiro atoms. The van der Waals surface area contributed by atoms with Gasteiger partial charge in [0, 0.05) is 54.1 Å². The average molecular weight is 943 g/mol. The highest BCUT2D eigenvalue weighted by molar-refractivity contribution is 8.03. The Morgan fingerprint density at radius 2 is 1.69 bits per heavy atom. The van der Waals surface area contributed by atoms with Crippen LogP contribution < -0.4 is 10.2 Å². The van der Waals surface area contributed by atoms with E-state index in [0.29, 0.717) is 23.4 Å². The summed E-state index contributed by atoms with van der Waals surface area (Å²) in [5.41, 5.74) is 11.9. The molecule has 0 aromatic heterocycles. The van der Waals surface area contributed by atoms with Crippen LogP contribution in [0, 0.1) is 6.92 Å².